The fourth-order valence-corrected chi connectivity index (χ4v) is 2.71. The zero-order chi connectivity index (χ0) is 14.8. The number of rotatable bonds is 10. The van der Waals surface area contributed by atoms with E-state index < -0.39 is 0 Å². The molecule has 0 spiro atoms. The van der Waals surface area contributed by atoms with Crippen LogP contribution in [0.3, 0.4) is 0 Å². The van der Waals surface area contributed by atoms with E-state index >= 15 is 0 Å². The third-order valence-corrected chi connectivity index (χ3v) is 3.74. The van der Waals surface area contributed by atoms with Crippen molar-refractivity contribution in [1.29, 1.82) is 0 Å². The van der Waals surface area contributed by atoms with Crippen molar-refractivity contribution in [1.82, 2.24) is 10.2 Å². The van der Waals surface area contributed by atoms with Crippen LogP contribution in [0.2, 0.25) is 0 Å². The first kappa shape index (κ1) is 17.2. The van der Waals surface area contributed by atoms with Gasteiger partial charge in [-0.2, -0.15) is 0 Å². The number of hydrogen-bond acceptors (Lipinski definition) is 2. The lowest BCUT2D eigenvalue weighted by Gasteiger charge is -2.25. The molecule has 0 fully saturated rings. The minimum Gasteiger partial charge on any atom is -0.310 e. The Balaban J connectivity index is 2.59. The normalized spacial score (nSPS) is 12.8. The van der Waals surface area contributed by atoms with E-state index in [1.807, 2.05) is 0 Å². The Labute approximate surface area is 125 Å². The van der Waals surface area contributed by atoms with E-state index in [9.17, 15) is 0 Å². The Morgan fingerprint density at radius 2 is 1.55 bits per heavy atom. The molecule has 0 aliphatic heterocycles. The second kappa shape index (κ2) is 9.95. The Bertz CT molecular complexity index is 339. The summed E-state index contributed by atoms with van der Waals surface area (Å²) in [7, 11) is 0. The third-order valence-electron chi connectivity index (χ3n) is 3.74. The van der Waals surface area contributed by atoms with Gasteiger partial charge in [0.25, 0.3) is 0 Å². The molecule has 0 radical (unpaired) electrons. The van der Waals surface area contributed by atoms with Crippen LogP contribution >= 0.6 is 0 Å². The van der Waals surface area contributed by atoms with Crippen LogP contribution in [-0.2, 0) is 0 Å². The molecule has 1 aromatic rings. The number of benzene rings is 1. The Hall–Kier alpha value is -0.860. The summed E-state index contributed by atoms with van der Waals surface area (Å²) < 4.78 is 0. The Morgan fingerprint density at radius 3 is 2.05 bits per heavy atom. The first-order valence-electron chi connectivity index (χ1n) is 8.23. The summed E-state index contributed by atoms with van der Waals surface area (Å²) in [6, 6.07) is 9.46. The molecule has 0 saturated heterocycles. The molecule has 0 aliphatic rings. The van der Waals surface area contributed by atoms with Crippen molar-refractivity contribution in [3.8, 4) is 0 Å². The molecule has 0 aliphatic carbocycles. The van der Waals surface area contributed by atoms with E-state index in [1.54, 1.807) is 0 Å². The van der Waals surface area contributed by atoms with Gasteiger partial charge in [0.05, 0.1) is 0 Å². The number of hydrogen-bond donors (Lipinski definition) is 1. The van der Waals surface area contributed by atoms with Gasteiger partial charge in [0, 0.05) is 6.04 Å². The first-order valence-corrected chi connectivity index (χ1v) is 8.23. The minimum atomic E-state index is 0.483. The highest BCUT2D eigenvalue weighted by Crippen LogP contribution is 2.18. The van der Waals surface area contributed by atoms with Gasteiger partial charge in [0.1, 0.15) is 0 Å². The van der Waals surface area contributed by atoms with Gasteiger partial charge in [-0.3, -0.25) is 0 Å². The predicted octanol–water partition coefficient (Wildman–Crippen LogP) is 4.16. The van der Waals surface area contributed by atoms with Gasteiger partial charge in [0.15, 0.2) is 0 Å². The van der Waals surface area contributed by atoms with Gasteiger partial charge in [-0.15, -0.1) is 0 Å². The summed E-state index contributed by atoms with van der Waals surface area (Å²) in [6.45, 7) is 13.5. The summed E-state index contributed by atoms with van der Waals surface area (Å²) in [5.41, 5.74) is 2.76. The summed E-state index contributed by atoms with van der Waals surface area (Å²) in [5.74, 6) is 0. The molecular weight excluding hydrogens is 244 g/mol. The summed E-state index contributed by atoms with van der Waals surface area (Å²) in [6.07, 6.45) is 3.68. The zero-order valence-corrected chi connectivity index (χ0v) is 13.8. The van der Waals surface area contributed by atoms with Crippen LogP contribution < -0.4 is 5.32 Å². The van der Waals surface area contributed by atoms with Crippen LogP contribution in [0.25, 0.3) is 0 Å². The molecular formula is C18H32N2. The monoisotopic (exact) mass is 276 g/mol. The molecule has 0 heterocycles. The number of nitrogens with zero attached hydrogens (tertiary/aromatic N) is 1. The van der Waals surface area contributed by atoms with Crippen LogP contribution in [-0.4, -0.2) is 31.1 Å². The fraction of sp³-hybridized carbons (Fsp3) is 0.667. The van der Waals surface area contributed by atoms with Gasteiger partial charge in [-0.05, 0) is 57.9 Å². The van der Waals surface area contributed by atoms with Crippen molar-refractivity contribution in [2.45, 2.75) is 53.0 Å². The molecule has 1 N–H and O–H groups in total. The maximum Gasteiger partial charge on any atom is 0.0332 e. The topological polar surface area (TPSA) is 15.3 Å². The maximum atomic E-state index is 3.63. The second-order valence-electron chi connectivity index (χ2n) is 5.65. The summed E-state index contributed by atoms with van der Waals surface area (Å²) in [5, 5.41) is 3.63. The predicted molar refractivity (Wildman–Crippen MR) is 89.2 cm³/mol. The fourth-order valence-electron chi connectivity index (χ4n) is 2.71. The highest BCUT2D eigenvalue weighted by atomic mass is 15.1. The molecule has 1 atom stereocenters. The maximum absolute atomic E-state index is 3.63. The molecule has 0 aromatic heterocycles. The van der Waals surface area contributed by atoms with E-state index in [0.29, 0.717) is 6.04 Å². The van der Waals surface area contributed by atoms with Crippen LogP contribution in [0.5, 0.6) is 0 Å². The Morgan fingerprint density at radius 1 is 0.950 bits per heavy atom. The van der Waals surface area contributed by atoms with Crippen molar-refractivity contribution in [2.75, 3.05) is 26.2 Å². The van der Waals surface area contributed by atoms with Crippen LogP contribution in [0.4, 0.5) is 0 Å². The van der Waals surface area contributed by atoms with Gasteiger partial charge in [0.2, 0.25) is 0 Å². The van der Waals surface area contributed by atoms with Crippen molar-refractivity contribution < 1.29 is 0 Å². The molecule has 2 heteroatoms. The molecule has 1 rings (SSSR count). The molecule has 1 aromatic carbocycles. The van der Waals surface area contributed by atoms with Crippen molar-refractivity contribution in [3.63, 3.8) is 0 Å². The quantitative estimate of drug-likeness (QED) is 0.690. The largest absolute Gasteiger partial charge is 0.310 e. The van der Waals surface area contributed by atoms with E-state index in [1.165, 1.54) is 50.0 Å². The molecule has 0 saturated carbocycles. The molecule has 0 bridgehead atoms. The molecule has 114 valence electrons. The number of nitrogens with one attached hydrogen (secondary N) is 1. The van der Waals surface area contributed by atoms with Gasteiger partial charge < -0.3 is 10.2 Å². The minimum absolute atomic E-state index is 0.483. The van der Waals surface area contributed by atoms with Crippen molar-refractivity contribution in [3.05, 3.63) is 35.4 Å². The average molecular weight is 276 g/mol. The van der Waals surface area contributed by atoms with Crippen LogP contribution in [0.15, 0.2) is 24.3 Å². The highest BCUT2D eigenvalue weighted by Gasteiger charge is 2.12. The van der Waals surface area contributed by atoms with Crippen molar-refractivity contribution in [2.24, 2.45) is 0 Å². The SMILES string of the molecule is CCCN(CCC)CCC(NCC)c1ccc(C)cc1. The molecule has 1 unspecified atom stereocenters. The lowest BCUT2D eigenvalue weighted by Crippen LogP contribution is -2.30. The molecule has 2 nitrogen and oxygen atoms in total. The summed E-state index contributed by atoms with van der Waals surface area (Å²) in [4.78, 5) is 2.60. The van der Waals surface area contributed by atoms with Crippen LogP contribution in [0.1, 0.15) is 57.2 Å². The lowest BCUT2D eigenvalue weighted by atomic mass is 10.0. The van der Waals surface area contributed by atoms with Gasteiger partial charge in [-0.1, -0.05) is 50.6 Å². The second-order valence-corrected chi connectivity index (χ2v) is 5.65. The number of aryl methyl sites for hydroxylation is 1. The third kappa shape index (κ3) is 6.06. The van der Waals surface area contributed by atoms with Crippen molar-refractivity contribution >= 4 is 0 Å². The molecule has 0 amide bonds. The zero-order valence-electron chi connectivity index (χ0n) is 13.8. The van der Waals surface area contributed by atoms with E-state index in [0.717, 1.165) is 6.54 Å². The molecule has 20 heavy (non-hydrogen) atoms. The highest BCUT2D eigenvalue weighted by molar-refractivity contribution is 5.24. The van der Waals surface area contributed by atoms with E-state index in [4.69, 9.17) is 0 Å². The smallest absolute Gasteiger partial charge is 0.0332 e. The van der Waals surface area contributed by atoms with Gasteiger partial charge >= 0.3 is 0 Å². The summed E-state index contributed by atoms with van der Waals surface area (Å²) >= 11 is 0. The first-order chi connectivity index (χ1) is 9.71. The standard InChI is InChI=1S/C18H32N2/c1-5-13-20(14-6-2)15-12-18(19-7-3)17-10-8-16(4)9-11-17/h8-11,18-19H,5-7,12-15H2,1-4H3. The van der Waals surface area contributed by atoms with E-state index in [-0.39, 0.29) is 0 Å². The van der Waals surface area contributed by atoms with Crippen LogP contribution in [0, 0.1) is 6.92 Å². The average Bonchev–Trinajstić information content (AvgIpc) is 2.45. The van der Waals surface area contributed by atoms with Gasteiger partial charge in [-0.25, -0.2) is 0 Å². The lowest BCUT2D eigenvalue weighted by molar-refractivity contribution is 0.257. The Kier molecular flexibility index (Phi) is 8.56. The van der Waals surface area contributed by atoms with E-state index in [2.05, 4.69) is 62.2 Å².